The van der Waals surface area contributed by atoms with E-state index in [2.05, 4.69) is 22.3 Å². The molecule has 24 heavy (non-hydrogen) atoms. The van der Waals surface area contributed by atoms with Crippen molar-refractivity contribution >= 4 is 5.91 Å². The van der Waals surface area contributed by atoms with Crippen LogP contribution < -0.4 is 14.8 Å². The van der Waals surface area contributed by atoms with Gasteiger partial charge in [0.15, 0.2) is 0 Å². The van der Waals surface area contributed by atoms with Gasteiger partial charge in [0, 0.05) is 37.7 Å². The lowest BCUT2D eigenvalue weighted by molar-refractivity contribution is -0.128. The van der Waals surface area contributed by atoms with Crippen molar-refractivity contribution in [2.45, 2.75) is 44.7 Å². The Morgan fingerprint density at radius 1 is 1.08 bits per heavy atom. The molecule has 1 saturated heterocycles. The number of benzene rings is 1. The number of carbonyl (C=O) groups is 1. The predicted molar refractivity (Wildman–Crippen MR) is 93.3 cm³/mol. The average molecular weight is 332 g/mol. The Morgan fingerprint density at radius 2 is 1.71 bits per heavy atom. The van der Waals surface area contributed by atoms with E-state index in [1.165, 1.54) is 12.0 Å². The van der Waals surface area contributed by atoms with Crippen LogP contribution in [-0.4, -0.2) is 44.2 Å². The molecule has 3 rings (SSSR count). The normalized spacial score (nSPS) is 19.6. The first kappa shape index (κ1) is 17.1. The fraction of sp³-hybridized carbons (Fsp3) is 0.632. The van der Waals surface area contributed by atoms with E-state index < -0.39 is 0 Å². The standard InChI is InChI=1S/C19H28N2O3/c1-23-17-10-14(11-18(12-17)24-2)13-21-8-6-16(7-9-21)20-19(22)15-4-3-5-15/h10-12,15-16H,3-9,13H2,1-2H3,(H,20,22). The van der Waals surface area contributed by atoms with Crippen molar-refractivity contribution in [2.75, 3.05) is 27.3 Å². The number of hydrogen-bond donors (Lipinski definition) is 1. The number of likely N-dealkylation sites (tertiary alicyclic amines) is 1. The minimum absolute atomic E-state index is 0.275. The maximum Gasteiger partial charge on any atom is 0.223 e. The fourth-order valence-corrected chi connectivity index (χ4v) is 3.44. The van der Waals surface area contributed by atoms with Crippen LogP contribution in [0.25, 0.3) is 0 Å². The second-order valence-electron chi connectivity index (χ2n) is 6.91. The number of carbonyl (C=O) groups excluding carboxylic acids is 1. The quantitative estimate of drug-likeness (QED) is 0.870. The highest BCUT2D eigenvalue weighted by molar-refractivity contribution is 5.79. The van der Waals surface area contributed by atoms with Gasteiger partial charge in [-0.25, -0.2) is 0 Å². The SMILES string of the molecule is COc1cc(CN2CCC(NC(=O)C3CCC3)CC2)cc(OC)c1. The summed E-state index contributed by atoms with van der Waals surface area (Å²) in [6.45, 7) is 2.90. The molecule has 0 radical (unpaired) electrons. The summed E-state index contributed by atoms with van der Waals surface area (Å²) >= 11 is 0. The lowest BCUT2D eigenvalue weighted by Crippen LogP contribution is -2.47. The Kier molecular flexibility index (Phi) is 5.61. The first-order valence-corrected chi connectivity index (χ1v) is 8.92. The molecule has 5 heteroatoms. The molecular formula is C19H28N2O3. The Morgan fingerprint density at radius 3 is 2.21 bits per heavy atom. The van der Waals surface area contributed by atoms with Crippen LogP contribution in [0.3, 0.4) is 0 Å². The van der Waals surface area contributed by atoms with Crippen LogP contribution in [0.2, 0.25) is 0 Å². The Balaban J connectivity index is 1.49. The van der Waals surface area contributed by atoms with Crippen LogP contribution in [0.15, 0.2) is 18.2 Å². The molecule has 5 nitrogen and oxygen atoms in total. The molecule has 1 aromatic carbocycles. The van der Waals surface area contributed by atoms with Gasteiger partial charge >= 0.3 is 0 Å². The Labute approximate surface area is 144 Å². The van der Waals surface area contributed by atoms with Crippen molar-refractivity contribution in [2.24, 2.45) is 5.92 Å². The molecule has 0 spiro atoms. The van der Waals surface area contributed by atoms with E-state index in [9.17, 15) is 4.79 Å². The first-order valence-electron chi connectivity index (χ1n) is 8.92. The van der Waals surface area contributed by atoms with Gasteiger partial charge < -0.3 is 14.8 Å². The van der Waals surface area contributed by atoms with Crippen molar-refractivity contribution in [1.82, 2.24) is 10.2 Å². The Hall–Kier alpha value is -1.75. The van der Waals surface area contributed by atoms with Gasteiger partial charge in [-0.05, 0) is 43.4 Å². The molecule has 1 saturated carbocycles. The molecular weight excluding hydrogens is 304 g/mol. The minimum atomic E-state index is 0.275. The fourth-order valence-electron chi connectivity index (χ4n) is 3.44. The summed E-state index contributed by atoms with van der Waals surface area (Å²) in [7, 11) is 3.35. The Bertz CT molecular complexity index is 541. The molecule has 0 unspecified atom stereocenters. The molecule has 2 fully saturated rings. The van der Waals surface area contributed by atoms with Gasteiger partial charge in [0.05, 0.1) is 14.2 Å². The van der Waals surface area contributed by atoms with E-state index in [0.29, 0.717) is 6.04 Å². The summed E-state index contributed by atoms with van der Waals surface area (Å²) in [4.78, 5) is 14.5. The summed E-state index contributed by atoms with van der Waals surface area (Å²) < 4.78 is 10.7. The maximum absolute atomic E-state index is 12.1. The maximum atomic E-state index is 12.1. The third-order valence-corrected chi connectivity index (χ3v) is 5.23. The third-order valence-electron chi connectivity index (χ3n) is 5.23. The van der Waals surface area contributed by atoms with E-state index >= 15 is 0 Å². The van der Waals surface area contributed by atoms with E-state index in [-0.39, 0.29) is 11.8 Å². The number of nitrogens with zero attached hydrogens (tertiary/aromatic N) is 1. The summed E-state index contributed by atoms with van der Waals surface area (Å²) in [6, 6.07) is 6.36. The summed E-state index contributed by atoms with van der Waals surface area (Å²) in [5.41, 5.74) is 1.20. The van der Waals surface area contributed by atoms with Crippen molar-refractivity contribution in [3.63, 3.8) is 0 Å². The minimum Gasteiger partial charge on any atom is -0.497 e. The zero-order valence-electron chi connectivity index (χ0n) is 14.7. The van der Waals surface area contributed by atoms with E-state index in [0.717, 1.165) is 56.8 Å². The highest BCUT2D eigenvalue weighted by Gasteiger charge is 2.28. The molecule has 1 aliphatic carbocycles. The molecule has 1 N–H and O–H groups in total. The average Bonchev–Trinajstić information content (AvgIpc) is 2.54. The van der Waals surface area contributed by atoms with E-state index in [1.807, 2.05) is 6.07 Å². The van der Waals surface area contributed by atoms with Gasteiger partial charge in [-0.3, -0.25) is 9.69 Å². The number of ether oxygens (including phenoxy) is 2. The van der Waals surface area contributed by atoms with Crippen LogP contribution in [-0.2, 0) is 11.3 Å². The van der Waals surface area contributed by atoms with Gasteiger partial charge in [-0.2, -0.15) is 0 Å². The van der Waals surface area contributed by atoms with Crippen LogP contribution in [0.5, 0.6) is 11.5 Å². The van der Waals surface area contributed by atoms with Crippen molar-refractivity contribution < 1.29 is 14.3 Å². The monoisotopic (exact) mass is 332 g/mol. The van der Waals surface area contributed by atoms with Crippen LogP contribution in [0.1, 0.15) is 37.7 Å². The molecule has 1 aromatic rings. The molecule has 0 bridgehead atoms. The topological polar surface area (TPSA) is 50.8 Å². The van der Waals surface area contributed by atoms with Crippen LogP contribution >= 0.6 is 0 Å². The van der Waals surface area contributed by atoms with E-state index in [1.54, 1.807) is 14.2 Å². The number of piperidine rings is 1. The highest BCUT2D eigenvalue weighted by atomic mass is 16.5. The van der Waals surface area contributed by atoms with Gasteiger partial charge in [0.25, 0.3) is 0 Å². The number of nitrogens with one attached hydrogen (secondary N) is 1. The van der Waals surface area contributed by atoms with E-state index in [4.69, 9.17) is 9.47 Å². The van der Waals surface area contributed by atoms with Gasteiger partial charge in [-0.15, -0.1) is 0 Å². The number of hydrogen-bond acceptors (Lipinski definition) is 4. The summed E-state index contributed by atoms with van der Waals surface area (Å²) in [5, 5.41) is 3.24. The van der Waals surface area contributed by atoms with Crippen molar-refractivity contribution in [1.29, 1.82) is 0 Å². The first-order chi connectivity index (χ1) is 11.7. The molecule has 0 aromatic heterocycles. The van der Waals surface area contributed by atoms with Crippen LogP contribution in [0.4, 0.5) is 0 Å². The van der Waals surface area contributed by atoms with Gasteiger partial charge in [0.1, 0.15) is 11.5 Å². The second kappa shape index (κ2) is 7.88. The molecule has 1 amide bonds. The summed E-state index contributed by atoms with van der Waals surface area (Å²) in [6.07, 6.45) is 5.41. The van der Waals surface area contributed by atoms with Crippen molar-refractivity contribution in [3.8, 4) is 11.5 Å². The summed E-state index contributed by atoms with van der Waals surface area (Å²) in [5.74, 6) is 2.21. The third kappa shape index (κ3) is 4.20. The highest BCUT2D eigenvalue weighted by Crippen LogP contribution is 2.27. The van der Waals surface area contributed by atoms with Crippen molar-refractivity contribution in [3.05, 3.63) is 23.8 Å². The molecule has 1 aliphatic heterocycles. The lowest BCUT2D eigenvalue weighted by atomic mass is 9.84. The number of rotatable bonds is 6. The van der Waals surface area contributed by atoms with Gasteiger partial charge in [0.2, 0.25) is 5.91 Å². The number of amides is 1. The molecule has 1 heterocycles. The molecule has 0 atom stereocenters. The van der Waals surface area contributed by atoms with Gasteiger partial charge in [-0.1, -0.05) is 6.42 Å². The smallest absolute Gasteiger partial charge is 0.223 e. The largest absolute Gasteiger partial charge is 0.497 e. The predicted octanol–water partition coefficient (Wildman–Crippen LogP) is 2.58. The zero-order chi connectivity index (χ0) is 16.9. The molecule has 132 valence electrons. The lowest BCUT2D eigenvalue weighted by Gasteiger charge is -2.34. The number of methoxy groups -OCH3 is 2. The molecule has 2 aliphatic rings. The second-order valence-corrected chi connectivity index (χ2v) is 6.91. The van der Waals surface area contributed by atoms with Crippen LogP contribution in [0, 0.1) is 5.92 Å². The zero-order valence-corrected chi connectivity index (χ0v) is 14.7.